The number of nitrogens with one attached hydrogen (secondary N) is 1. The SMILES string of the molecule is COc1ccc(NC(=O)c2ccc(OC)c(COc3ccc4ccccc4c3)c2)cc1. The van der Waals surface area contributed by atoms with Gasteiger partial charge in [-0.15, -0.1) is 0 Å². The van der Waals surface area contributed by atoms with E-state index in [1.54, 1.807) is 56.7 Å². The molecule has 0 saturated heterocycles. The molecule has 4 aromatic carbocycles. The molecule has 0 aliphatic carbocycles. The third-order valence-corrected chi connectivity index (χ3v) is 5.01. The van der Waals surface area contributed by atoms with Crippen molar-refractivity contribution in [3.63, 3.8) is 0 Å². The summed E-state index contributed by atoms with van der Waals surface area (Å²) in [6.45, 7) is 0.283. The zero-order chi connectivity index (χ0) is 21.6. The molecule has 0 aliphatic rings. The van der Waals surface area contributed by atoms with Crippen molar-refractivity contribution >= 4 is 22.4 Å². The lowest BCUT2D eigenvalue weighted by atomic mass is 10.1. The zero-order valence-electron chi connectivity index (χ0n) is 17.4. The number of hydrogen-bond donors (Lipinski definition) is 1. The lowest BCUT2D eigenvalue weighted by Crippen LogP contribution is -2.12. The van der Waals surface area contributed by atoms with Crippen molar-refractivity contribution in [2.75, 3.05) is 19.5 Å². The number of ether oxygens (including phenoxy) is 3. The Morgan fingerprint density at radius 3 is 2.26 bits per heavy atom. The second kappa shape index (κ2) is 9.22. The Balaban J connectivity index is 1.50. The molecule has 0 heterocycles. The Bertz CT molecular complexity index is 1200. The quantitative estimate of drug-likeness (QED) is 0.423. The first-order valence-electron chi connectivity index (χ1n) is 9.90. The number of amides is 1. The number of hydrogen-bond acceptors (Lipinski definition) is 4. The van der Waals surface area contributed by atoms with Crippen LogP contribution in [0.1, 0.15) is 15.9 Å². The number of methoxy groups -OCH3 is 2. The third kappa shape index (κ3) is 4.78. The highest BCUT2D eigenvalue weighted by atomic mass is 16.5. The van der Waals surface area contributed by atoms with E-state index in [0.29, 0.717) is 17.0 Å². The van der Waals surface area contributed by atoms with Gasteiger partial charge in [0.05, 0.1) is 14.2 Å². The fourth-order valence-corrected chi connectivity index (χ4v) is 3.33. The molecule has 0 bridgehead atoms. The number of fused-ring (bicyclic) bond motifs is 1. The summed E-state index contributed by atoms with van der Waals surface area (Å²) < 4.78 is 16.6. The van der Waals surface area contributed by atoms with Gasteiger partial charge in [0.2, 0.25) is 0 Å². The van der Waals surface area contributed by atoms with Gasteiger partial charge in [-0.3, -0.25) is 4.79 Å². The number of carbonyl (C=O) groups is 1. The average molecular weight is 413 g/mol. The fraction of sp³-hybridized carbons (Fsp3) is 0.115. The van der Waals surface area contributed by atoms with Crippen molar-refractivity contribution < 1.29 is 19.0 Å². The first-order valence-corrected chi connectivity index (χ1v) is 9.90. The Morgan fingerprint density at radius 2 is 1.52 bits per heavy atom. The molecule has 4 rings (SSSR count). The molecule has 0 fully saturated rings. The van der Waals surface area contributed by atoms with Crippen LogP contribution in [0, 0.1) is 0 Å². The predicted molar refractivity (Wildman–Crippen MR) is 122 cm³/mol. The van der Waals surface area contributed by atoms with Crippen LogP contribution in [0.4, 0.5) is 5.69 Å². The number of rotatable bonds is 7. The van der Waals surface area contributed by atoms with E-state index in [0.717, 1.165) is 27.8 Å². The van der Waals surface area contributed by atoms with Crippen molar-refractivity contribution in [2.24, 2.45) is 0 Å². The van der Waals surface area contributed by atoms with E-state index in [4.69, 9.17) is 14.2 Å². The first-order chi connectivity index (χ1) is 15.2. The second-order valence-electron chi connectivity index (χ2n) is 7.01. The van der Waals surface area contributed by atoms with Gasteiger partial charge < -0.3 is 19.5 Å². The highest BCUT2D eigenvalue weighted by Crippen LogP contribution is 2.25. The van der Waals surface area contributed by atoms with E-state index in [1.165, 1.54) is 0 Å². The van der Waals surface area contributed by atoms with Gasteiger partial charge in [0.15, 0.2) is 0 Å². The fourth-order valence-electron chi connectivity index (χ4n) is 3.33. The van der Waals surface area contributed by atoms with Crippen molar-refractivity contribution in [3.8, 4) is 17.2 Å². The molecule has 5 nitrogen and oxygen atoms in total. The Kier molecular flexibility index (Phi) is 6.03. The topological polar surface area (TPSA) is 56.8 Å². The number of anilines is 1. The molecule has 31 heavy (non-hydrogen) atoms. The van der Waals surface area contributed by atoms with Crippen LogP contribution in [0.15, 0.2) is 84.9 Å². The molecule has 4 aromatic rings. The molecule has 1 amide bonds. The summed E-state index contributed by atoms with van der Waals surface area (Å²) in [5.41, 5.74) is 2.00. The maximum atomic E-state index is 12.7. The molecule has 0 aliphatic heterocycles. The standard InChI is InChI=1S/C26H23NO4/c1-29-23-12-9-22(10-13-23)27-26(28)20-8-14-25(30-2)21(15-20)17-31-24-11-7-18-5-3-4-6-19(18)16-24/h3-16H,17H2,1-2H3,(H,27,28). The summed E-state index contributed by atoms with van der Waals surface area (Å²) >= 11 is 0. The van der Waals surface area contributed by atoms with E-state index in [2.05, 4.69) is 11.4 Å². The molecule has 0 unspecified atom stereocenters. The summed E-state index contributed by atoms with van der Waals surface area (Å²) in [7, 11) is 3.21. The van der Waals surface area contributed by atoms with Gasteiger partial charge in [-0.2, -0.15) is 0 Å². The van der Waals surface area contributed by atoms with Gasteiger partial charge in [-0.05, 0) is 65.4 Å². The number of benzene rings is 4. The van der Waals surface area contributed by atoms with E-state index in [-0.39, 0.29) is 12.5 Å². The van der Waals surface area contributed by atoms with Crippen LogP contribution in [0.25, 0.3) is 10.8 Å². The van der Waals surface area contributed by atoms with Gasteiger partial charge >= 0.3 is 0 Å². The Morgan fingerprint density at radius 1 is 0.774 bits per heavy atom. The monoisotopic (exact) mass is 413 g/mol. The molecule has 5 heteroatoms. The van der Waals surface area contributed by atoms with Crippen molar-refractivity contribution in [2.45, 2.75) is 6.61 Å². The molecule has 156 valence electrons. The third-order valence-electron chi connectivity index (χ3n) is 5.01. The second-order valence-corrected chi connectivity index (χ2v) is 7.01. The Labute approximate surface area is 181 Å². The maximum Gasteiger partial charge on any atom is 0.255 e. The van der Waals surface area contributed by atoms with Gasteiger partial charge in [0.25, 0.3) is 5.91 Å². The van der Waals surface area contributed by atoms with Gasteiger partial charge in [0.1, 0.15) is 23.9 Å². The lowest BCUT2D eigenvalue weighted by Gasteiger charge is -2.13. The average Bonchev–Trinajstić information content (AvgIpc) is 2.82. The normalized spacial score (nSPS) is 10.5. The van der Waals surface area contributed by atoms with E-state index < -0.39 is 0 Å². The summed E-state index contributed by atoms with van der Waals surface area (Å²) in [5.74, 6) is 1.95. The van der Waals surface area contributed by atoms with Gasteiger partial charge in [0, 0.05) is 16.8 Å². The van der Waals surface area contributed by atoms with Crippen LogP contribution < -0.4 is 19.5 Å². The number of carbonyl (C=O) groups excluding carboxylic acids is 1. The molecule has 0 atom stereocenters. The van der Waals surface area contributed by atoms with Crippen LogP contribution in [-0.2, 0) is 6.61 Å². The van der Waals surface area contributed by atoms with Gasteiger partial charge in [-0.25, -0.2) is 0 Å². The lowest BCUT2D eigenvalue weighted by molar-refractivity contribution is 0.102. The van der Waals surface area contributed by atoms with Crippen LogP contribution in [-0.4, -0.2) is 20.1 Å². The van der Waals surface area contributed by atoms with E-state index >= 15 is 0 Å². The highest BCUT2D eigenvalue weighted by Gasteiger charge is 2.12. The predicted octanol–water partition coefficient (Wildman–Crippen LogP) is 5.69. The molecule has 0 aromatic heterocycles. The first kappa shape index (κ1) is 20.3. The summed E-state index contributed by atoms with van der Waals surface area (Å²) in [5, 5.41) is 5.16. The van der Waals surface area contributed by atoms with Crippen LogP contribution in [0.3, 0.4) is 0 Å². The zero-order valence-corrected chi connectivity index (χ0v) is 17.4. The molecular weight excluding hydrogens is 390 g/mol. The molecule has 1 N–H and O–H groups in total. The largest absolute Gasteiger partial charge is 0.497 e. The minimum absolute atomic E-state index is 0.209. The molecule has 0 spiro atoms. The minimum Gasteiger partial charge on any atom is -0.497 e. The van der Waals surface area contributed by atoms with Crippen molar-refractivity contribution in [1.82, 2.24) is 0 Å². The highest BCUT2D eigenvalue weighted by molar-refractivity contribution is 6.04. The van der Waals surface area contributed by atoms with Gasteiger partial charge in [-0.1, -0.05) is 30.3 Å². The minimum atomic E-state index is -0.209. The molecule has 0 radical (unpaired) electrons. The van der Waals surface area contributed by atoms with Crippen molar-refractivity contribution in [3.05, 3.63) is 96.1 Å². The van der Waals surface area contributed by atoms with E-state index in [9.17, 15) is 4.79 Å². The summed E-state index contributed by atoms with van der Waals surface area (Å²) in [6.07, 6.45) is 0. The molecule has 0 saturated carbocycles. The molecular formula is C26H23NO4. The van der Waals surface area contributed by atoms with Crippen molar-refractivity contribution in [1.29, 1.82) is 0 Å². The summed E-state index contributed by atoms with van der Waals surface area (Å²) in [6, 6.07) is 26.6. The smallest absolute Gasteiger partial charge is 0.255 e. The Hall–Kier alpha value is -3.99. The van der Waals surface area contributed by atoms with Crippen LogP contribution in [0.5, 0.6) is 17.2 Å². The summed E-state index contributed by atoms with van der Waals surface area (Å²) in [4.78, 5) is 12.7. The van der Waals surface area contributed by atoms with Crippen LogP contribution >= 0.6 is 0 Å². The maximum absolute atomic E-state index is 12.7. The van der Waals surface area contributed by atoms with E-state index in [1.807, 2.05) is 36.4 Å². The van der Waals surface area contributed by atoms with Crippen LogP contribution in [0.2, 0.25) is 0 Å².